The maximum absolute atomic E-state index is 7.42. The number of hydrogen-bond donors (Lipinski definition) is 0. The van der Waals surface area contributed by atoms with Crippen LogP contribution in [0.5, 0.6) is 0 Å². The molecule has 0 spiro atoms. The Morgan fingerprint density at radius 3 is 2.25 bits per heavy atom. The Bertz CT molecular complexity index is 37.8. The Labute approximate surface area is 37.8 Å². The van der Waals surface area contributed by atoms with Gasteiger partial charge in [0, 0.05) is 0 Å². The Balaban J connectivity index is 2.43. The molecule has 0 atom stereocenters. The molecular formula is CHNOTe. The summed E-state index contributed by atoms with van der Waals surface area (Å²) in [4.78, 5) is 0. The topological polar surface area (TPSA) is 33.0 Å². The van der Waals surface area contributed by atoms with Crippen LogP contribution in [0.25, 0.3) is 0 Å². The van der Waals surface area contributed by atoms with Crippen molar-refractivity contribution in [1.82, 2.24) is 0 Å². The van der Waals surface area contributed by atoms with E-state index in [-0.39, 0.29) is 0 Å². The molecule has 4 heavy (non-hydrogen) atoms. The monoisotopic (exact) mass is 173 g/mol. The molecule has 0 saturated heterocycles. The molecule has 0 radical (unpaired) electrons. The molecule has 0 rings (SSSR count). The third-order valence-corrected chi connectivity index (χ3v) is 0.274. The summed E-state index contributed by atoms with van der Waals surface area (Å²) in [5, 5.41) is 7.42. The third kappa shape index (κ3) is 2.08. The normalized spacial score (nSPS) is 4.00. The number of hydrogen-bond acceptors (Lipinski definition) is 2. The summed E-state index contributed by atoms with van der Waals surface area (Å²) in [5.41, 5.74) is 0. The predicted octanol–water partition coefficient (Wildman–Crippen LogP) is -0.700. The molecule has 3 heteroatoms. The van der Waals surface area contributed by atoms with E-state index in [9.17, 15) is 0 Å². The van der Waals surface area contributed by atoms with Gasteiger partial charge in [0.1, 0.15) is 0 Å². The Kier molecular flexibility index (Phi) is 3.14. The summed E-state index contributed by atoms with van der Waals surface area (Å²) in [7, 11) is 0. The van der Waals surface area contributed by atoms with Gasteiger partial charge in [0.2, 0.25) is 0 Å². The first-order valence-electron chi connectivity index (χ1n) is 0.610. The van der Waals surface area contributed by atoms with Crippen LogP contribution in [0.3, 0.4) is 0 Å². The van der Waals surface area contributed by atoms with Crippen LogP contribution in [-0.2, 0) is 3.10 Å². The molecule has 0 unspecified atom stereocenters. The minimum atomic E-state index is 1.03. The standard InChI is InChI=1S/CHNOTe/c2-1-3-4/h4H. The van der Waals surface area contributed by atoms with E-state index in [1.165, 1.54) is 6.26 Å². The molecule has 0 saturated carbocycles. The third-order valence-electron chi connectivity index (χ3n) is 0.0408. The van der Waals surface area contributed by atoms with Gasteiger partial charge in [-0.05, 0) is 0 Å². The Hall–Kier alpha value is 0.0796. The zero-order valence-electron chi connectivity index (χ0n) is 1.80. The molecule has 0 aromatic rings. The van der Waals surface area contributed by atoms with Crippen molar-refractivity contribution in [1.29, 1.82) is 5.26 Å². The van der Waals surface area contributed by atoms with Gasteiger partial charge in [-0.25, -0.2) is 0 Å². The second kappa shape index (κ2) is 3.08. The van der Waals surface area contributed by atoms with Gasteiger partial charge in [0.25, 0.3) is 0 Å². The molecule has 0 aromatic heterocycles. The molecule has 0 amide bonds. The van der Waals surface area contributed by atoms with Crippen LogP contribution in [0.2, 0.25) is 0 Å². The number of nitrogens with zero attached hydrogens (tertiary/aromatic N) is 1. The molecule has 0 aliphatic heterocycles. The number of nitriles is 1. The van der Waals surface area contributed by atoms with Crippen LogP contribution in [0.1, 0.15) is 0 Å². The van der Waals surface area contributed by atoms with Gasteiger partial charge in [-0.15, -0.1) is 0 Å². The van der Waals surface area contributed by atoms with E-state index < -0.39 is 0 Å². The average molecular weight is 171 g/mol. The van der Waals surface area contributed by atoms with Crippen molar-refractivity contribution in [3.05, 3.63) is 0 Å². The first-order chi connectivity index (χ1) is 1.91. The van der Waals surface area contributed by atoms with Crippen molar-refractivity contribution < 1.29 is 3.10 Å². The van der Waals surface area contributed by atoms with E-state index in [1.807, 2.05) is 0 Å². The minimum absolute atomic E-state index is 1.03. The van der Waals surface area contributed by atoms with Crippen LogP contribution < -0.4 is 0 Å². The quantitative estimate of drug-likeness (QED) is 0.356. The molecule has 0 bridgehead atoms. The van der Waals surface area contributed by atoms with Crippen LogP contribution >= 0.6 is 0 Å². The van der Waals surface area contributed by atoms with Crippen molar-refractivity contribution >= 4 is 22.7 Å². The molecular weight excluding hydrogens is 170 g/mol. The van der Waals surface area contributed by atoms with E-state index in [0.717, 1.165) is 22.7 Å². The summed E-state index contributed by atoms with van der Waals surface area (Å²) < 4.78 is 3.90. The molecule has 0 fully saturated rings. The fraction of sp³-hybridized carbons (Fsp3) is 0. The number of rotatable bonds is 0. The first-order valence-corrected chi connectivity index (χ1v) is 1.65. The van der Waals surface area contributed by atoms with Gasteiger partial charge in [-0.3, -0.25) is 0 Å². The first kappa shape index (κ1) is 4.08. The summed E-state index contributed by atoms with van der Waals surface area (Å²) in [6.07, 6.45) is 1.45. The second-order valence-corrected chi connectivity index (χ2v) is 0.704. The van der Waals surface area contributed by atoms with Gasteiger partial charge in [-0.2, -0.15) is 0 Å². The molecule has 0 aromatic carbocycles. The van der Waals surface area contributed by atoms with Crippen molar-refractivity contribution in [2.24, 2.45) is 0 Å². The zero-order valence-corrected chi connectivity index (χ0v) is 4.36. The summed E-state index contributed by atoms with van der Waals surface area (Å²) in [6.45, 7) is 0. The van der Waals surface area contributed by atoms with Crippen LogP contribution in [-0.4, -0.2) is 22.7 Å². The van der Waals surface area contributed by atoms with Crippen molar-refractivity contribution in [2.75, 3.05) is 0 Å². The maximum atomic E-state index is 7.42. The summed E-state index contributed by atoms with van der Waals surface area (Å²) in [5.74, 6) is 0. The predicted molar refractivity (Wildman–Crippen MR) is 13.8 cm³/mol. The summed E-state index contributed by atoms with van der Waals surface area (Å²) >= 11 is 1.03. The fourth-order valence-electron chi connectivity index (χ4n) is 0. The van der Waals surface area contributed by atoms with Crippen molar-refractivity contribution in [2.45, 2.75) is 0 Å². The molecule has 0 heterocycles. The fourth-order valence-corrected chi connectivity index (χ4v) is 0. The Morgan fingerprint density at radius 1 is 2.00 bits per heavy atom. The molecule has 0 aliphatic rings. The van der Waals surface area contributed by atoms with Gasteiger partial charge in [-0.1, -0.05) is 0 Å². The second-order valence-electron chi connectivity index (χ2n) is 0.183. The van der Waals surface area contributed by atoms with Crippen molar-refractivity contribution in [3.8, 4) is 6.26 Å². The molecule has 22 valence electrons. The van der Waals surface area contributed by atoms with Crippen LogP contribution in [0.4, 0.5) is 0 Å². The van der Waals surface area contributed by atoms with E-state index in [0.29, 0.717) is 0 Å². The zero-order chi connectivity index (χ0) is 3.41. The van der Waals surface area contributed by atoms with Crippen LogP contribution in [0, 0.1) is 11.5 Å². The van der Waals surface area contributed by atoms with E-state index >= 15 is 0 Å². The SMILES string of the molecule is N#CO[TeH]. The van der Waals surface area contributed by atoms with E-state index in [1.54, 1.807) is 0 Å². The Morgan fingerprint density at radius 2 is 2.25 bits per heavy atom. The average Bonchev–Trinajstić information content (AvgIpc) is 1.37. The van der Waals surface area contributed by atoms with Gasteiger partial charge < -0.3 is 0 Å². The van der Waals surface area contributed by atoms with Gasteiger partial charge >= 0.3 is 37.3 Å². The molecule has 0 aliphatic carbocycles. The van der Waals surface area contributed by atoms with E-state index in [2.05, 4.69) is 3.10 Å². The summed E-state index contributed by atoms with van der Waals surface area (Å²) in [6, 6.07) is 0. The van der Waals surface area contributed by atoms with Gasteiger partial charge in [0.05, 0.1) is 0 Å². The molecule has 2 nitrogen and oxygen atoms in total. The van der Waals surface area contributed by atoms with Gasteiger partial charge in [0.15, 0.2) is 0 Å². The van der Waals surface area contributed by atoms with Crippen molar-refractivity contribution in [3.63, 3.8) is 0 Å². The molecule has 0 N–H and O–H groups in total. The van der Waals surface area contributed by atoms with E-state index in [4.69, 9.17) is 5.26 Å². The van der Waals surface area contributed by atoms with Crippen LogP contribution in [0.15, 0.2) is 0 Å².